The molecule has 122 valence electrons. The Balaban J connectivity index is 1.87. The molecule has 0 saturated carbocycles. The molecule has 0 bridgehead atoms. The van der Waals surface area contributed by atoms with Crippen molar-refractivity contribution < 1.29 is 9.59 Å². The van der Waals surface area contributed by atoms with Crippen LogP contribution in [0, 0.1) is 0 Å². The van der Waals surface area contributed by atoms with E-state index in [1.165, 1.54) is 0 Å². The van der Waals surface area contributed by atoms with E-state index in [-0.39, 0.29) is 17.9 Å². The van der Waals surface area contributed by atoms with Gasteiger partial charge in [0, 0.05) is 25.7 Å². The Labute approximate surface area is 135 Å². The third-order valence-electron chi connectivity index (χ3n) is 4.47. The molecule has 0 spiro atoms. The second-order valence-corrected chi connectivity index (χ2v) is 6.05. The second kappa shape index (κ2) is 6.40. The molecule has 0 unspecified atom stereocenters. The van der Waals surface area contributed by atoms with Crippen LogP contribution in [0.3, 0.4) is 0 Å². The number of hydrogen-bond acceptors (Lipinski definition) is 3. The largest absolute Gasteiger partial charge is 0.345 e. The van der Waals surface area contributed by atoms with E-state index in [2.05, 4.69) is 16.9 Å². The Kier molecular flexibility index (Phi) is 4.32. The van der Waals surface area contributed by atoms with Gasteiger partial charge in [-0.15, -0.1) is 0 Å². The van der Waals surface area contributed by atoms with Gasteiger partial charge in [0.15, 0.2) is 0 Å². The van der Waals surface area contributed by atoms with E-state index >= 15 is 0 Å². The molecular weight excluding hydrogens is 292 g/mol. The Hall–Kier alpha value is -2.37. The number of aromatic amines is 1. The predicted octanol–water partition coefficient (Wildman–Crippen LogP) is 2.04. The Bertz CT molecular complexity index is 724. The number of amides is 2. The van der Waals surface area contributed by atoms with Crippen molar-refractivity contribution in [3.05, 3.63) is 30.1 Å². The number of fused-ring (bicyclic) bond motifs is 1. The average molecular weight is 314 g/mol. The first kappa shape index (κ1) is 15.5. The van der Waals surface area contributed by atoms with Crippen LogP contribution in [-0.4, -0.2) is 57.8 Å². The monoisotopic (exact) mass is 314 g/mol. The van der Waals surface area contributed by atoms with Gasteiger partial charge in [0.05, 0.1) is 17.4 Å². The van der Waals surface area contributed by atoms with Crippen molar-refractivity contribution in [3.8, 4) is 0 Å². The predicted molar refractivity (Wildman–Crippen MR) is 88.1 cm³/mol. The molecule has 1 saturated heterocycles. The molecule has 1 atom stereocenters. The van der Waals surface area contributed by atoms with Crippen molar-refractivity contribution >= 4 is 22.8 Å². The van der Waals surface area contributed by atoms with Gasteiger partial charge in [-0.3, -0.25) is 9.59 Å². The molecule has 2 aromatic rings. The summed E-state index contributed by atoms with van der Waals surface area (Å²) in [4.78, 5) is 36.0. The van der Waals surface area contributed by atoms with Crippen LogP contribution in [-0.2, 0) is 4.79 Å². The van der Waals surface area contributed by atoms with Crippen LogP contribution in [0.4, 0.5) is 0 Å². The first-order chi connectivity index (χ1) is 11.1. The zero-order valence-electron chi connectivity index (χ0n) is 13.6. The Morgan fingerprint density at radius 2 is 2.22 bits per heavy atom. The van der Waals surface area contributed by atoms with Crippen LogP contribution in [0.25, 0.3) is 11.0 Å². The van der Waals surface area contributed by atoms with Gasteiger partial charge in [-0.05, 0) is 24.6 Å². The standard InChI is InChI=1S/C17H22N4O2/c1-3-4-5-15-17(23)20(2)8-9-21(15)16(22)12-6-7-13-14(10-12)19-11-18-13/h6-7,10-11,15H,3-5,8-9H2,1-2H3,(H,18,19)/t15-/m0/s1. The summed E-state index contributed by atoms with van der Waals surface area (Å²) in [5.41, 5.74) is 2.26. The minimum atomic E-state index is -0.348. The van der Waals surface area contributed by atoms with Crippen LogP contribution in [0.15, 0.2) is 24.5 Å². The van der Waals surface area contributed by atoms with Gasteiger partial charge in [-0.1, -0.05) is 19.8 Å². The fraction of sp³-hybridized carbons (Fsp3) is 0.471. The number of hydrogen-bond donors (Lipinski definition) is 1. The first-order valence-corrected chi connectivity index (χ1v) is 8.11. The highest BCUT2D eigenvalue weighted by Crippen LogP contribution is 2.20. The summed E-state index contributed by atoms with van der Waals surface area (Å²) >= 11 is 0. The topological polar surface area (TPSA) is 69.3 Å². The van der Waals surface area contributed by atoms with Gasteiger partial charge >= 0.3 is 0 Å². The number of unbranched alkanes of at least 4 members (excludes halogenated alkanes) is 1. The van der Waals surface area contributed by atoms with Crippen molar-refractivity contribution in [1.82, 2.24) is 19.8 Å². The zero-order valence-corrected chi connectivity index (χ0v) is 13.6. The number of imidazole rings is 1. The fourth-order valence-electron chi connectivity index (χ4n) is 3.07. The van der Waals surface area contributed by atoms with Crippen LogP contribution in [0.2, 0.25) is 0 Å². The summed E-state index contributed by atoms with van der Waals surface area (Å²) < 4.78 is 0. The van der Waals surface area contributed by atoms with E-state index in [1.807, 2.05) is 12.1 Å². The molecule has 3 rings (SSSR count). The van der Waals surface area contributed by atoms with E-state index < -0.39 is 0 Å². The number of piperazine rings is 1. The lowest BCUT2D eigenvalue weighted by atomic mass is 10.0. The van der Waals surface area contributed by atoms with Gasteiger partial charge in [-0.25, -0.2) is 4.98 Å². The Morgan fingerprint density at radius 3 is 3.00 bits per heavy atom. The normalized spacial score (nSPS) is 18.7. The van der Waals surface area contributed by atoms with Crippen molar-refractivity contribution in [2.24, 2.45) is 0 Å². The maximum absolute atomic E-state index is 12.9. The summed E-state index contributed by atoms with van der Waals surface area (Å²) in [6.07, 6.45) is 4.28. The molecule has 2 amide bonds. The minimum Gasteiger partial charge on any atom is -0.345 e. The van der Waals surface area contributed by atoms with Crippen molar-refractivity contribution in [2.45, 2.75) is 32.2 Å². The number of carbonyl (C=O) groups excluding carboxylic acids is 2. The van der Waals surface area contributed by atoms with Gasteiger partial charge in [0.2, 0.25) is 5.91 Å². The lowest BCUT2D eigenvalue weighted by Crippen LogP contribution is -2.57. The number of H-pyrrole nitrogens is 1. The second-order valence-electron chi connectivity index (χ2n) is 6.05. The van der Waals surface area contributed by atoms with Crippen molar-refractivity contribution in [2.75, 3.05) is 20.1 Å². The highest BCUT2D eigenvalue weighted by molar-refractivity contribution is 6.00. The van der Waals surface area contributed by atoms with Gasteiger partial charge in [0.1, 0.15) is 6.04 Å². The van der Waals surface area contributed by atoms with Crippen molar-refractivity contribution in [1.29, 1.82) is 0 Å². The van der Waals surface area contributed by atoms with E-state index in [4.69, 9.17) is 0 Å². The maximum atomic E-state index is 12.9. The molecule has 0 aliphatic carbocycles. The number of nitrogens with zero attached hydrogens (tertiary/aromatic N) is 3. The quantitative estimate of drug-likeness (QED) is 0.939. The maximum Gasteiger partial charge on any atom is 0.254 e. The summed E-state index contributed by atoms with van der Waals surface area (Å²) in [5, 5.41) is 0. The lowest BCUT2D eigenvalue weighted by molar-refractivity contribution is -0.138. The molecule has 1 N–H and O–H groups in total. The average Bonchev–Trinajstić information content (AvgIpc) is 3.03. The summed E-state index contributed by atoms with van der Waals surface area (Å²) in [6, 6.07) is 5.08. The number of rotatable bonds is 4. The fourth-order valence-corrected chi connectivity index (χ4v) is 3.07. The molecule has 1 aromatic carbocycles. The SMILES string of the molecule is CCCC[C@H]1C(=O)N(C)CCN1C(=O)c1ccc2nc[nH]c2c1. The van der Waals surface area contributed by atoms with E-state index in [1.54, 1.807) is 29.2 Å². The lowest BCUT2D eigenvalue weighted by Gasteiger charge is -2.39. The van der Waals surface area contributed by atoms with Gasteiger partial charge in [0.25, 0.3) is 5.91 Å². The van der Waals surface area contributed by atoms with Crippen molar-refractivity contribution in [3.63, 3.8) is 0 Å². The highest BCUT2D eigenvalue weighted by Gasteiger charge is 2.35. The van der Waals surface area contributed by atoms with E-state index in [0.717, 1.165) is 30.3 Å². The summed E-state index contributed by atoms with van der Waals surface area (Å²) in [7, 11) is 1.81. The first-order valence-electron chi connectivity index (χ1n) is 8.11. The van der Waals surface area contributed by atoms with Crippen LogP contribution < -0.4 is 0 Å². The third-order valence-corrected chi connectivity index (χ3v) is 4.47. The summed E-state index contributed by atoms with van der Waals surface area (Å²) in [6.45, 7) is 3.26. The molecule has 1 aliphatic rings. The summed E-state index contributed by atoms with van der Waals surface area (Å²) in [5.74, 6) is -0.0373. The zero-order chi connectivity index (χ0) is 16.4. The van der Waals surface area contributed by atoms with Crippen LogP contribution in [0.5, 0.6) is 0 Å². The van der Waals surface area contributed by atoms with Crippen LogP contribution in [0.1, 0.15) is 36.5 Å². The molecule has 6 nitrogen and oxygen atoms in total. The molecule has 1 aromatic heterocycles. The number of likely N-dealkylation sites (N-methyl/N-ethyl adjacent to an activating group) is 1. The number of carbonyl (C=O) groups is 2. The third kappa shape index (κ3) is 2.93. The van der Waals surface area contributed by atoms with Crippen LogP contribution >= 0.6 is 0 Å². The molecule has 1 fully saturated rings. The molecular formula is C17H22N4O2. The molecule has 1 aliphatic heterocycles. The smallest absolute Gasteiger partial charge is 0.254 e. The van der Waals surface area contributed by atoms with Gasteiger partial charge in [-0.2, -0.15) is 0 Å². The highest BCUT2D eigenvalue weighted by atomic mass is 16.2. The minimum absolute atomic E-state index is 0.0423. The van der Waals surface area contributed by atoms with Gasteiger partial charge < -0.3 is 14.8 Å². The molecule has 6 heteroatoms. The van der Waals surface area contributed by atoms with E-state index in [9.17, 15) is 9.59 Å². The Morgan fingerprint density at radius 1 is 1.39 bits per heavy atom. The number of nitrogens with one attached hydrogen (secondary N) is 1. The number of aromatic nitrogens is 2. The molecule has 2 heterocycles. The molecule has 0 radical (unpaired) electrons. The van der Waals surface area contributed by atoms with E-state index in [0.29, 0.717) is 18.7 Å². The number of benzene rings is 1. The molecule has 23 heavy (non-hydrogen) atoms.